The molecule has 0 amide bonds. The number of ether oxygens (including phenoxy) is 1. The van der Waals surface area contributed by atoms with Gasteiger partial charge in [-0.05, 0) is 35.7 Å². The third kappa shape index (κ3) is 4.05. The molecule has 0 spiro atoms. The van der Waals surface area contributed by atoms with Crippen molar-refractivity contribution in [2.75, 3.05) is 7.11 Å². The van der Waals surface area contributed by atoms with Gasteiger partial charge in [0.15, 0.2) is 11.5 Å². The van der Waals surface area contributed by atoms with Gasteiger partial charge in [0.2, 0.25) is 0 Å². The van der Waals surface area contributed by atoms with Crippen LogP contribution in [0.2, 0.25) is 0 Å². The highest BCUT2D eigenvalue weighted by atomic mass is 32.2. The second kappa shape index (κ2) is 7.35. The second-order valence-corrected chi connectivity index (χ2v) is 7.14. The van der Waals surface area contributed by atoms with Gasteiger partial charge in [-0.1, -0.05) is 32.0 Å². The summed E-state index contributed by atoms with van der Waals surface area (Å²) in [6.45, 7) is 4.07. The van der Waals surface area contributed by atoms with Crippen LogP contribution in [0.1, 0.15) is 30.9 Å². The lowest BCUT2D eigenvalue weighted by Crippen LogP contribution is -2.18. The molecule has 6 nitrogen and oxygen atoms in total. The van der Waals surface area contributed by atoms with E-state index < -0.39 is 10.0 Å². The Morgan fingerprint density at radius 1 is 1.17 bits per heavy atom. The third-order valence-electron chi connectivity index (χ3n) is 3.48. The smallest absolute Gasteiger partial charge is 0.276 e. The minimum atomic E-state index is -3.76. The summed E-state index contributed by atoms with van der Waals surface area (Å²) < 4.78 is 29.4. The SMILES string of the molecule is COc1cccc(/C=N/NS(=O)(=O)c2ccc(C(C)C)cc2)c1O. The Hall–Kier alpha value is -2.54. The Balaban J connectivity index is 2.15. The number of sulfonamides is 1. The first kappa shape index (κ1) is 17.8. The zero-order chi connectivity index (χ0) is 17.7. The molecule has 0 radical (unpaired) electrons. The van der Waals surface area contributed by atoms with E-state index in [4.69, 9.17) is 4.74 Å². The van der Waals surface area contributed by atoms with Crippen LogP contribution in [0.15, 0.2) is 52.5 Å². The number of methoxy groups -OCH3 is 1. The van der Waals surface area contributed by atoms with Gasteiger partial charge >= 0.3 is 0 Å². The number of para-hydroxylation sites is 1. The molecule has 2 rings (SSSR count). The van der Waals surface area contributed by atoms with E-state index in [-0.39, 0.29) is 16.4 Å². The normalized spacial score (nSPS) is 11.8. The largest absolute Gasteiger partial charge is 0.504 e. The van der Waals surface area contributed by atoms with Crippen molar-refractivity contribution in [3.8, 4) is 11.5 Å². The van der Waals surface area contributed by atoms with E-state index in [9.17, 15) is 13.5 Å². The summed E-state index contributed by atoms with van der Waals surface area (Å²) in [6, 6.07) is 11.5. The number of hydrogen-bond acceptors (Lipinski definition) is 5. The molecule has 0 aliphatic carbocycles. The van der Waals surface area contributed by atoms with Gasteiger partial charge in [-0.3, -0.25) is 0 Å². The first-order chi connectivity index (χ1) is 11.3. The van der Waals surface area contributed by atoms with Crippen LogP contribution in [0, 0.1) is 0 Å². The molecule has 128 valence electrons. The maximum Gasteiger partial charge on any atom is 0.276 e. The molecule has 0 saturated heterocycles. The van der Waals surface area contributed by atoms with Gasteiger partial charge in [0.1, 0.15) is 0 Å². The van der Waals surface area contributed by atoms with Crippen molar-refractivity contribution in [3.63, 3.8) is 0 Å². The maximum atomic E-state index is 12.2. The molecule has 0 fully saturated rings. The lowest BCUT2D eigenvalue weighted by Gasteiger charge is -2.08. The molecule has 24 heavy (non-hydrogen) atoms. The predicted molar refractivity (Wildman–Crippen MR) is 93.1 cm³/mol. The molecular weight excluding hydrogens is 328 g/mol. The molecule has 2 N–H and O–H groups in total. The van der Waals surface area contributed by atoms with E-state index in [1.54, 1.807) is 30.3 Å². The first-order valence-electron chi connectivity index (χ1n) is 7.36. The Kier molecular flexibility index (Phi) is 5.46. The van der Waals surface area contributed by atoms with Gasteiger partial charge in [0.25, 0.3) is 10.0 Å². The number of phenols is 1. The lowest BCUT2D eigenvalue weighted by atomic mass is 10.0. The summed E-state index contributed by atoms with van der Waals surface area (Å²) in [7, 11) is -2.33. The minimum Gasteiger partial charge on any atom is -0.504 e. The Morgan fingerprint density at radius 2 is 1.83 bits per heavy atom. The summed E-state index contributed by atoms with van der Waals surface area (Å²) in [4.78, 5) is 2.25. The van der Waals surface area contributed by atoms with Gasteiger partial charge in [-0.2, -0.15) is 13.5 Å². The second-order valence-electron chi connectivity index (χ2n) is 5.47. The van der Waals surface area contributed by atoms with Crippen molar-refractivity contribution in [1.82, 2.24) is 4.83 Å². The summed E-state index contributed by atoms with van der Waals surface area (Å²) >= 11 is 0. The fraction of sp³-hybridized carbons (Fsp3) is 0.235. The van der Waals surface area contributed by atoms with Gasteiger partial charge < -0.3 is 9.84 Å². The van der Waals surface area contributed by atoms with Crippen LogP contribution in [-0.2, 0) is 10.0 Å². The number of hydrogen-bond donors (Lipinski definition) is 2. The third-order valence-corrected chi connectivity index (χ3v) is 4.72. The molecule has 0 aliphatic heterocycles. The Labute approximate surface area is 141 Å². The van der Waals surface area contributed by atoms with Gasteiger partial charge in [-0.15, -0.1) is 0 Å². The highest BCUT2D eigenvalue weighted by molar-refractivity contribution is 7.89. The molecule has 0 aliphatic rings. The van der Waals surface area contributed by atoms with Crippen LogP contribution in [0.25, 0.3) is 0 Å². The summed E-state index contributed by atoms with van der Waals surface area (Å²) in [6.07, 6.45) is 1.22. The van der Waals surface area contributed by atoms with Crippen LogP contribution in [0.5, 0.6) is 11.5 Å². The van der Waals surface area contributed by atoms with Crippen molar-refractivity contribution in [3.05, 3.63) is 53.6 Å². The van der Waals surface area contributed by atoms with E-state index in [1.807, 2.05) is 13.8 Å². The molecule has 0 atom stereocenters. The molecule has 0 bridgehead atoms. The number of hydrazone groups is 1. The minimum absolute atomic E-state index is 0.107. The number of rotatable bonds is 6. The Bertz CT molecular complexity index is 828. The van der Waals surface area contributed by atoms with Gasteiger partial charge in [-0.25, -0.2) is 4.83 Å². The molecule has 7 heteroatoms. The predicted octanol–water partition coefficient (Wildman–Crippen LogP) is 2.84. The van der Waals surface area contributed by atoms with E-state index in [0.29, 0.717) is 11.5 Å². The van der Waals surface area contributed by atoms with Gasteiger partial charge in [0.05, 0.1) is 18.2 Å². The summed E-state index contributed by atoms with van der Waals surface area (Å²) in [5.41, 5.74) is 1.39. The molecule has 0 unspecified atom stereocenters. The number of phenolic OH excluding ortho intramolecular Hbond substituents is 1. The van der Waals surface area contributed by atoms with Gasteiger partial charge in [0, 0.05) is 5.56 Å². The molecule has 0 heterocycles. The van der Waals surface area contributed by atoms with Crippen LogP contribution < -0.4 is 9.57 Å². The van der Waals surface area contributed by atoms with E-state index in [2.05, 4.69) is 9.93 Å². The van der Waals surface area contributed by atoms with Crippen molar-refractivity contribution in [1.29, 1.82) is 0 Å². The highest BCUT2D eigenvalue weighted by Crippen LogP contribution is 2.28. The zero-order valence-corrected chi connectivity index (χ0v) is 14.5. The topological polar surface area (TPSA) is 88.0 Å². The van der Waals surface area contributed by atoms with Crippen molar-refractivity contribution in [2.45, 2.75) is 24.7 Å². The number of nitrogens with one attached hydrogen (secondary N) is 1. The average molecular weight is 348 g/mol. The summed E-state index contributed by atoms with van der Waals surface area (Å²) in [5, 5.41) is 13.6. The summed E-state index contributed by atoms with van der Waals surface area (Å²) in [5.74, 6) is 0.499. The fourth-order valence-corrected chi connectivity index (χ4v) is 2.85. The first-order valence-corrected chi connectivity index (χ1v) is 8.84. The zero-order valence-electron chi connectivity index (χ0n) is 13.7. The quantitative estimate of drug-likeness (QED) is 0.621. The molecular formula is C17H20N2O4S. The lowest BCUT2D eigenvalue weighted by molar-refractivity contribution is 0.373. The van der Waals surface area contributed by atoms with E-state index in [0.717, 1.165) is 5.56 Å². The fourth-order valence-electron chi connectivity index (χ4n) is 2.06. The standard InChI is InChI=1S/C17H20N2O4S/c1-12(2)13-7-9-15(10-8-13)24(21,22)19-18-11-14-5-4-6-16(23-3)17(14)20/h4-12,19-20H,1-3H3/b18-11+. The Morgan fingerprint density at radius 3 is 2.42 bits per heavy atom. The monoisotopic (exact) mass is 348 g/mol. The van der Waals surface area contributed by atoms with Crippen molar-refractivity contribution >= 4 is 16.2 Å². The van der Waals surface area contributed by atoms with Crippen LogP contribution in [-0.4, -0.2) is 26.8 Å². The maximum absolute atomic E-state index is 12.2. The van der Waals surface area contributed by atoms with Crippen LogP contribution in [0.3, 0.4) is 0 Å². The number of nitrogens with zero attached hydrogens (tertiary/aromatic N) is 1. The van der Waals surface area contributed by atoms with E-state index in [1.165, 1.54) is 25.5 Å². The van der Waals surface area contributed by atoms with Crippen molar-refractivity contribution < 1.29 is 18.3 Å². The highest BCUT2D eigenvalue weighted by Gasteiger charge is 2.13. The number of benzene rings is 2. The number of aromatic hydroxyl groups is 1. The molecule has 0 aromatic heterocycles. The van der Waals surface area contributed by atoms with E-state index >= 15 is 0 Å². The van der Waals surface area contributed by atoms with Crippen LogP contribution in [0.4, 0.5) is 0 Å². The molecule has 2 aromatic rings. The van der Waals surface area contributed by atoms with Crippen molar-refractivity contribution in [2.24, 2.45) is 5.10 Å². The average Bonchev–Trinajstić information content (AvgIpc) is 2.56. The molecule has 2 aromatic carbocycles. The van der Waals surface area contributed by atoms with Crippen LogP contribution >= 0.6 is 0 Å². The molecule has 0 saturated carbocycles.